The summed E-state index contributed by atoms with van der Waals surface area (Å²) in [5, 5.41) is 0. The summed E-state index contributed by atoms with van der Waals surface area (Å²) in [6.45, 7) is 4.02. The van der Waals surface area contributed by atoms with Crippen molar-refractivity contribution < 1.29 is 9.53 Å². The Morgan fingerprint density at radius 1 is 1.42 bits per heavy atom. The number of ether oxygens (including phenoxy) is 1. The first-order chi connectivity index (χ1) is 9.10. The van der Waals surface area contributed by atoms with Crippen molar-refractivity contribution in [2.75, 3.05) is 20.2 Å². The van der Waals surface area contributed by atoms with Gasteiger partial charge in [-0.2, -0.15) is 0 Å². The summed E-state index contributed by atoms with van der Waals surface area (Å²) in [4.78, 5) is 14.3. The van der Waals surface area contributed by atoms with Gasteiger partial charge in [0.1, 0.15) is 5.75 Å². The number of carbonyl (C=O) groups is 1. The van der Waals surface area contributed by atoms with Gasteiger partial charge >= 0.3 is 0 Å². The average Bonchev–Trinajstić information content (AvgIpc) is 2.39. The number of hydrogen-bond donors (Lipinski definition) is 0. The summed E-state index contributed by atoms with van der Waals surface area (Å²) in [5.41, 5.74) is 0.945. The van der Waals surface area contributed by atoms with E-state index >= 15 is 0 Å². The molecule has 1 aliphatic rings. The van der Waals surface area contributed by atoms with E-state index in [-0.39, 0.29) is 5.91 Å². The molecule has 1 heterocycles. The van der Waals surface area contributed by atoms with E-state index in [4.69, 9.17) is 4.74 Å². The zero-order valence-corrected chi connectivity index (χ0v) is 13.1. The van der Waals surface area contributed by atoms with Crippen LogP contribution in [0.15, 0.2) is 22.7 Å². The van der Waals surface area contributed by atoms with Crippen molar-refractivity contribution in [2.45, 2.75) is 26.2 Å². The molecule has 0 radical (unpaired) electrons. The molecule has 1 aromatic carbocycles. The van der Waals surface area contributed by atoms with Crippen LogP contribution in [0.25, 0.3) is 0 Å². The van der Waals surface area contributed by atoms with Crippen molar-refractivity contribution >= 4 is 21.8 Å². The van der Waals surface area contributed by atoms with Crippen LogP contribution in [0.4, 0.5) is 0 Å². The standard InChI is InChI=1S/C15H20BrNO2/c1-11-5-7-17(8-6-11)15(18)10-12-9-13(16)3-4-14(12)19-2/h3-4,9,11H,5-8,10H2,1-2H3. The van der Waals surface area contributed by atoms with Crippen LogP contribution in [0, 0.1) is 5.92 Å². The Bertz CT molecular complexity index is 453. The predicted molar refractivity (Wildman–Crippen MR) is 79.4 cm³/mol. The van der Waals surface area contributed by atoms with Crippen molar-refractivity contribution in [3.8, 4) is 5.75 Å². The van der Waals surface area contributed by atoms with E-state index in [1.165, 1.54) is 0 Å². The highest BCUT2D eigenvalue weighted by atomic mass is 79.9. The first kappa shape index (κ1) is 14.4. The molecule has 3 nitrogen and oxygen atoms in total. The number of methoxy groups -OCH3 is 1. The molecule has 1 fully saturated rings. The summed E-state index contributed by atoms with van der Waals surface area (Å²) >= 11 is 3.44. The first-order valence-corrected chi connectivity index (χ1v) is 7.49. The lowest BCUT2D eigenvalue weighted by Gasteiger charge is -2.30. The zero-order valence-electron chi connectivity index (χ0n) is 11.5. The van der Waals surface area contributed by atoms with Crippen LogP contribution >= 0.6 is 15.9 Å². The number of rotatable bonds is 3. The third kappa shape index (κ3) is 3.72. The van der Waals surface area contributed by atoms with E-state index in [9.17, 15) is 4.79 Å². The van der Waals surface area contributed by atoms with Crippen molar-refractivity contribution in [3.05, 3.63) is 28.2 Å². The predicted octanol–water partition coefficient (Wildman–Crippen LogP) is 3.26. The summed E-state index contributed by atoms with van der Waals surface area (Å²) in [7, 11) is 1.64. The van der Waals surface area contributed by atoms with Crippen molar-refractivity contribution in [3.63, 3.8) is 0 Å². The lowest BCUT2D eigenvalue weighted by Crippen LogP contribution is -2.38. The maximum atomic E-state index is 12.3. The molecule has 19 heavy (non-hydrogen) atoms. The van der Waals surface area contributed by atoms with E-state index in [1.807, 2.05) is 23.1 Å². The fourth-order valence-corrected chi connectivity index (χ4v) is 2.83. The minimum atomic E-state index is 0.198. The van der Waals surface area contributed by atoms with Crippen molar-refractivity contribution in [2.24, 2.45) is 5.92 Å². The molecule has 104 valence electrons. The quantitative estimate of drug-likeness (QED) is 0.853. The largest absolute Gasteiger partial charge is 0.496 e. The van der Waals surface area contributed by atoms with Gasteiger partial charge in [0.05, 0.1) is 13.5 Å². The zero-order chi connectivity index (χ0) is 13.8. The lowest BCUT2D eigenvalue weighted by atomic mass is 9.98. The molecule has 0 N–H and O–H groups in total. The molecule has 1 aliphatic heterocycles. The number of benzene rings is 1. The molecule has 0 aromatic heterocycles. The molecule has 0 saturated carbocycles. The SMILES string of the molecule is COc1ccc(Br)cc1CC(=O)N1CCC(C)CC1. The Morgan fingerprint density at radius 2 is 2.11 bits per heavy atom. The maximum absolute atomic E-state index is 12.3. The second kappa shape index (κ2) is 6.42. The maximum Gasteiger partial charge on any atom is 0.227 e. The van der Waals surface area contributed by atoms with Gasteiger partial charge in [-0.05, 0) is 37.0 Å². The second-order valence-electron chi connectivity index (χ2n) is 5.20. The lowest BCUT2D eigenvalue weighted by molar-refractivity contribution is -0.131. The molecule has 0 unspecified atom stereocenters. The monoisotopic (exact) mass is 325 g/mol. The molecular formula is C15H20BrNO2. The summed E-state index contributed by atoms with van der Waals surface area (Å²) in [5.74, 6) is 1.72. The van der Waals surface area contributed by atoms with Crippen LogP contribution in [0.2, 0.25) is 0 Å². The number of carbonyl (C=O) groups excluding carboxylic acids is 1. The number of piperidine rings is 1. The van der Waals surface area contributed by atoms with E-state index in [1.54, 1.807) is 7.11 Å². The number of amides is 1. The van der Waals surface area contributed by atoms with Gasteiger partial charge in [-0.3, -0.25) is 4.79 Å². The van der Waals surface area contributed by atoms with Gasteiger partial charge in [0.15, 0.2) is 0 Å². The molecule has 0 bridgehead atoms. The van der Waals surface area contributed by atoms with Gasteiger partial charge in [-0.15, -0.1) is 0 Å². The van der Waals surface area contributed by atoms with Crippen LogP contribution in [-0.4, -0.2) is 31.0 Å². The van der Waals surface area contributed by atoms with Crippen LogP contribution in [0.5, 0.6) is 5.75 Å². The molecular weight excluding hydrogens is 306 g/mol. The van der Waals surface area contributed by atoms with Gasteiger partial charge in [0.2, 0.25) is 5.91 Å². The third-order valence-electron chi connectivity index (χ3n) is 3.72. The number of halogens is 1. The highest BCUT2D eigenvalue weighted by Crippen LogP contribution is 2.24. The molecule has 4 heteroatoms. The Labute approximate surface area is 123 Å². The van der Waals surface area contributed by atoms with E-state index in [0.29, 0.717) is 6.42 Å². The van der Waals surface area contributed by atoms with Gasteiger partial charge in [0, 0.05) is 23.1 Å². The van der Waals surface area contributed by atoms with E-state index in [0.717, 1.165) is 47.6 Å². The van der Waals surface area contributed by atoms with Crippen LogP contribution in [-0.2, 0) is 11.2 Å². The molecule has 1 aromatic rings. The van der Waals surface area contributed by atoms with Gasteiger partial charge < -0.3 is 9.64 Å². The Hall–Kier alpha value is -1.03. The fourth-order valence-electron chi connectivity index (χ4n) is 2.42. The van der Waals surface area contributed by atoms with Crippen molar-refractivity contribution in [1.82, 2.24) is 4.90 Å². The van der Waals surface area contributed by atoms with Crippen LogP contribution in [0.1, 0.15) is 25.3 Å². The van der Waals surface area contributed by atoms with Gasteiger partial charge in [-0.1, -0.05) is 22.9 Å². The molecule has 1 saturated heterocycles. The third-order valence-corrected chi connectivity index (χ3v) is 4.21. The van der Waals surface area contributed by atoms with Crippen LogP contribution < -0.4 is 4.74 Å². The Balaban J connectivity index is 2.04. The normalized spacial score (nSPS) is 16.5. The number of hydrogen-bond acceptors (Lipinski definition) is 2. The molecule has 2 rings (SSSR count). The Morgan fingerprint density at radius 3 is 2.74 bits per heavy atom. The Kier molecular flexibility index (Phi) is 4.86. The molecule has 0 spiro atoms. The number of likely N-dealkylation sites (tertiary alicyclic amines) is 1. The van der Waals surface area contributed by atoms with Gasteiger partial charge in [-0.25, -0.2) is 0 Å². The number of nitrogens with zero attached hydrogens (tertiary/aromatic N) is 1. The highest BCUT2D eigenvalue weighted by Gasteiger charge is 2.21. The second-order valence-corrected chi connectivity index (χ2v) is 6.11. The van der Waals surface area contributed by atoms with E-state index < -0.39 is 0 Å². The summed E-state index contributed by atoms with van der Waals surface area (Å²) < 4.78 is 6.29. The molecule has 0 atom stereocenters. The first-order valence-electron chi connectivity index (χ1n) is 6.70. The minimum Gasteiger partial charge on any atom is -0.496 e. The molecule has 0 aliphatic carbocycles. The summed E-state index contributed by atoms with van der Waals surface area (Å²) in [6, 6.07) is 5.78. The van der Waals surface area contributed by atoms with Crippen molar-refractivity contribution in [1.29, 1.82) is 0 Å². The minimum absolute atomic E-state index is 0.198. The van der Waals surface area contributed by atoms with E-state index in [2.05, 4.69) is 22.9 Å². The highest BCUT2D eigenvalue weighted by molar-refractivity contribution is 9.10. The molecule has 1 amide bonds. The van der Waals surface area contributed by atoms with Crippen LogP contribution in [0.3, 0.4) is 0 Å². The average molecular weight is 326 g/mol. The smallest absolute Gasteiger partial charge is 0.227 e. The van der Waals surface area contributed by atoms with Gasteiger partial charge in [0.25, 0.3) is 0 Å². The summed E-state index contributed by atoms with van der Waals surface area (Å²) in [6.07, 6.45) is 2.64. The topological polar surface area (TPSA) is 29.5 Å². The fraction of sp³-hybridized carbons (Fsp3) is 0.533.